The van der Waals surface area contributed by atoms with E-state index in [-0.39, 0.29) is 37.8 Å². The summed E-state index contributed by atoms with van der Waals surface area (Å²) in [6, 6.07) is 0. The minimum atomic E-state index is -1.58. The van der Waals surface area contributed by atoms with E-state index < -0.39 is 54.6 Å². The quantitative estimate of drug-likeness (QED) is 0.244. The zero-order valence-corrected chi connectivity index (χ0v) is 18.1. The highest BCUT2D eigenvalue weighted by molar-refractivity contribution is 6.01. The van der Waals surface area contributed by atoms with Crippen LogP contribution in [0.25, 0.3) is 0 Å². The van der Waals surface area contributed by atoms with E-state index in [9.17, 15) is 28.8 Å². The number of methoxy groups -OCH3 is 1. The van der Waals surface area contributed by atoms with Gasteiger partial charge in [-0.1, -0.05) is 0 Å². The monoisotopic (exact) mass is 459 g/mol. The first-order valence-electron chi connectivity index (χ1n) is 9.74. The van der Waals surface area contributed by atoms with Gasteiger partial charge in [-0.25, -0.2) is 4.79 Å². The molecule has 178 valence electrons. The van der Waals surface area contributed by atoms with E-state index in [2.05, 4.69) is 4.74 Å². The third kappa shape index (κ3) is 6.23. The number of likely N-dealkylation sites (tertiary alicyclic amines) is 1. The summed E-state index contributed by atoms with van der Waals surface area (Å²) in [4.78, 5) is 71.8. The predicted molar refractivity (Wildman–Crippen MR) is 99.2 cm³/mol. The van der Waals surface area contributed by atoms with Crippen LogP contribution in [-0.4, -0.2) is 91.6 Å². The molecule has 0 aromatic carbocycles. The van der Waals surface area contributed by atoms with Crippen LogP contribution in [0.5, 0.6) is 0 Å². The Hall–Kier alpha value is -3.06. The zero-order valence-electron chi connectivity index (χ0n) is 18.1. The molecule has 2 aliphatic rings. The molecule has 0 bridgehead atoms. The first-order chi connectivity index (χ1) is 15.0. The number of esters is 4. The van der Waals surface area contributed by atoms with E-state index in [1.807, 2.05) is 0 Å². The molecule has 32 heavy (non-hydrogen) atoms. The normalized spacial score (nSPS) is 27.6. The van der Waals surface area contributed by atoms with E-state index >= 15 is 0 Å². The van der Waals surface area contributed by atoms with Crippen molar-refractivity contribution in [2.75, 3.05) is 20.3 Å². The molecule has 0 aromatic rings. The first-order valence-corrected chi connectivity index (χ1v) is 9.74. The number of carbonyl (C=O) groups excluding carboxylic acids is 6. The molecule has 0 radical (unpaired) electrons. The van der Waals surface area contributed by atoms with Gasteiger partial charge in [0.1, 0.15) is 0 Å². The van der Waals surface area contributed by atoms with Crippen molar-refractivity contribution in [2.24, 2.45) is 0 Å². The van der Waals surface area contributed by atoms with Gasteiger partial charge in [0.2, 0.25) is 11.8 Å². The summed E-state index contributed by atoms with van der Waals surface area (Å²) in [6.45, 7) is 2.86. The van der Waals surface area contributed by atoms with Crippen LogP contribution >= 0.6 is 0 Å². The number of ether oxygens (including phenoxy) is 6. The Labute approximate surface area is 183 Å². The van der Waals surface area contributed by atoms with Gasteiger partial charge in [0.15, 0.2) is 30.7 Å². The molecular formula is C19H25NO12. The lowest BCUT2D eigenvalue weighted by Crippen LogP contribution is -2.64. The highest BCUT2D eigenvalue weighted by atomic mass is 16.7. The largest absolute Gasteiger partial charge is 0.467 e. The molecule has 0 spiro atoms. The lowest BCUT2D eigenvalue weighted by Gasteiger charge is -2.43. The van der Waals surface area contributed by atoms with Gasteiger partial charge in [0.25, 0.3) is 0 Å². The van der Waals surface area contributed by atoms with Crippen LogP contribution in [0.3, 0.4) is 0 Å². The number of hydrogen-bond donors (Lipinski definition) is 0. The van der Waals surface area contributed by atoms with Gasteiger partial charge in [-0.05, 0) is 0 Å². The van der Waals surface area contributed by atoms with Crippen molar-refractivity contribution in [3.63, 3.8) is 0 Å². The number of hydrogen-bond acceptors (Lipinski definition) is 12. The highest BCUT2D eigenvalue weighted by Crippen LogP contribution is 2.30. The van der Waals surface area contributed by atoms with Crippen LogP contribution in [-0.2, 0) is 57.2 Å². The fraction of sp³-hybridized carbons (Fsp3) is 0.684. The SMILES string of the molecule is COC(=O)[C@H]1O[C@@H](OCCN2C(=O)CCC2=O)[C@H](OC(C)=O)[C@@H](OC(C)=O)[C@@H]1OC(C)=O. The van der Waals surface area contributed by atoms with E-state index in [4.69, 9.17) is 23.7 Å². The summed E-state index contributed by atoms with van der Waals surface area (Å²) < 4.78 is 31.3. The summed E-state index contributed by atoms with van der Waals surface area (Å²) in [7, 11) is 1.07. The summed E-state index contributed by atoms with van der Waals surface area (Å²) in [5, 5.41) is 0. The number of rotatable bonds is 8. The number of imide groups is 1. The van der Waals surface area contributed by atoms with Crippen molar-refractivity contribution in [3.05, 3.63) is 0 Å². The lowest BCUT2D eigenvalue weighted by atomic mass is 9.97. The second kappa shape index (κ2) is 11.0. The topological polar surface area (TPSA) is 161 Å². The smallest absolute Gasteiger partial charge is 0.339 e. The molecular weight excluding hydrogens is 434 g/mol. The molecule has 5 atom stereocenters. The van der Waals surface area contributed by atoms with E-state index in [1.165, 1.54) is 0 Å². The molecule has 0 N–H and O–H groups in total. The molecule has 2 aliphatic heterocycles. The Balaban J connectivity index is 2.29. The van der Waals surface area contributed by atoms with Crippen LogP contribution in [0.2, 0.25) is 0 Å². The van der Waals surface area contributed by atoms with Gasteiger partial charge >= 0.3 is 23.9 Å². The van der Waals surface area contributed by atoms with Crippen molar-refractivity contribution in [2.45, 2.75) is 64.3 Å². The maximum Gasteiger partial charge on any atom is 0.339 e. The molecule has 2 heterocycles. The number of carbonyl (C=O) groups is 6. The predicted octanol–water partition coefficient (Wildman–Crippen LogP) is -1.15. The van der Waals surface area contributed by atoms with Crippen LogP contribution in [0, 0.1) is 0 Å². The van der Waals surface area contributed by atoms with Crippen molar-refractivity contribution in [1.82, 2.24) is 4.90 Å². The molecule has 2 saturated heterocycles. The Morgan fingerprint density at radius 2 is 1.38 bits per heavy atom. The minimum Gasteiger partial charge on any atom is -0.467 e. The van der Waals surface area contributed by atoms with Gasteiger partial charge in [-0.3, -0.25) is 28.9 Å². The minimum absolute atomic E-state index is 0.0951. The Morgan fingerprint density at radius 3 is 1.88 bits per heavy atom. The molecule has 0 saturated carbocycles. The van der Waals surface area contributed by atoms with Crippen molar-refractivity contribution in [3.8, 4) is 0 Å². The molecule has 13 heteroatoms. The fourth-order valence-corrected chi connectivity index (χ4v) is 3.35. The van der Waals surface area contributed by atoms with Crippen molar-refractivity contribution >= 4 is 35.7 Å². The molecule has 13 nitrogen and oxygen atoms in total. The second-order valence-electron chi connectivity index (χ2n) is 6.98. The molecule has 2 fully saturated rings. The Bertz CT molecular complexity index is 764. The standard InChI is InChI=1S/C19H25NO12/c1-9(21)29-14-15(30-10(2)22)17(31-11(3)23)19(32-16(14)18(26)27-4)28-8-7-20-12(24)5-6-13(20)25/h14-17,19H,5-8H2,1-4H3/t14-,15-,16-,17+,19+/m0/s1. The van der Waals surface area contributed by atoms with E-state index in [0.717, 1.165) is 32.8 Å². The molecule has 0 aromatic heterocycles. The van der Waals surface area contributed by atoms with Gasteiger partial charge in [0, 0.05) is 33.6 Å². The second-order valence-corrected chi connectivity index (χ2v) is 6.98. The summed E-state index contributed by atoms with van der Waals surface area (Å²) in [5.41, 5.74) is 0. The Morgan fingerprint density at radius 1 is 0.875 bits per heavy atom. The number of amides is 2. The summed E-state index contributed by atoms with van der Waals surface area (Å²) in [6.07, 6.45) is -7.29. The fourth-order valence-electron chi connectivity index (χ4n) is 3.35. The van der Waals surface area contributed by atoms with Gasteiger partial charge in [-0.15, -0.1) is 0 Å². The van der Waals surface area contributed by atoms with Gasteiger partial charge in [0.05, 0.1) is 20.3 Å². The van der Waals surface area contributed by atoms with Crippen molar-refractivity contribution in [1.29, 1.82) is 0 Å². The number of nitrogens with zero attached hydrogens (tertiary/aromatic N) is 1. The average Bonchev–Trinajstić information content (AvgIpc) is 3.02. The van der Waals surface area contributed by atoms with Crippen molar-refractivity contribution < 1.29 is 57.2 Å². The summed E-state index contributed by atoms with van der Waals surface area (Å²) >= 11 is 0. The van der Waals surface area contributed by atoms with E-state index in [0.29, 0.717) is 0 Å². The maximum atomic E-state index is 12.3. The molecule has 0 aliphatic carbocycles. The molecule has 0 unspecified atom stereocenters. The van der Waals surface area contributed by atoms with Gasteiger partial charge in [-0.2, -0.15) is 0 Å². The van der Waals surface area contributed by atoms with Crippen LogP contribution in [0.15, 0.2) is 0 Å². The zero-order chi connectivity index (χ0) is 24.0. The lowest BCUT2D eigenvalue weighted by molar-refractivity contribution is -0.301. The van der Waals surface area contributed by atoms with Crippen LogP contribution < -0.4 is 0 Å². The van der Waals surface area contributed by atoms with E-state index in [1.54, 1.807) is 0 Å². The third-order valence-electron chi connectivity index (χ3n) is 4.59. The van der Waals surface area contributed by atoms with Gasteiger partial charge < -0.3 is 28.4 Å². The highest BCUT2D eigenvalue weighted by Gasteiger charge is 2.55. The summed E-state index contributed by atoms with van der Waals surface area (Å²) in [5.74, 6) is -4.13. The van der Waals surface area contributed by atoms with Crippen LogP contribution in [0.4, 0.5) is 0 Å². The molecule has 2 amide bonds. The third-order valence-corrected chi connectivity index (χ3v) is 4.59. The average molecular weight is 459 g/mol. The van der Waals surface area contributed by atoms with Crippen LogP contribution in [0.1, 0.15) is 33.6 Å². The molecule has 2 rings (SSSR count). The maximum absolute atomic E-state index is 12.3. The first kappa shape index (κ1) is 25.2. The Kier molecular flexibility index (Phi) is 8.66.